The SMILES string of the molecule is CS(=O)(=O)NC(=NC(CC1CCCCC1)C(=O)NC1(C#N)CCN(C2CCCCC2)C1)N1CCOCC1. The summed E-state index contributed by atoms with van der Waals surface area (Å²) in [6.45, 7) is 3.29. The maximum atomic E-state index is 13.8. The molecule has 37 heavy (non-hydrogen) atoms. The Morgan fingerprint density at radius 1 is 1.08 bits per heavy atom. The minimum atomic E-state index is -3.59. The number of aliphatic imine (C=N–C) groups is 1. The monoisotopic (exact) mass is 536 g/mol. The molecule has 0 aromatic rings. The highest BCUT2D eigenvalue weighted by Crippen LogP contribution is 2.31. The third kappa shape index (κ3) is 8.04. The molecule has 11 heteroatoms. The Morgan fingerprint density at radius 3 is 2.35 bits per heavy atom. The van der Waals surface area contributed by atoms with E-state index >= 15 is 0 Å². The number of likely N-dealkylation sites (tertiary alicyclic amines) is 1. The van der Waals surface area contributed by atoms with E-state index in [1.807, 2.05) is 4.90 Å². The first-order valence-corrected chi connectivity index (χ1v) is 16.0. The van der Waals surface area contributed by atoms with E-state index in [-0.39, 0.29) is 11.9 Å². The van der Waals surface area contributed by atoms with Gasteiger partial charge >= 0.3 is 0 Å². The third-order valence-electron chi connectivity index (χ3n) is 8.42. The first-order chi connectivity index (χ1) is 17.8. The molecule has 0 bridgehead atoms. The second-order valence-electron chi connectivity index (χ2n) is 11.4. The predicted octanol–water partition coefficient (Wildman–Crippen LogP) is 1.98. The number of nitrogens with zero attached hydrogens (tertiary/aromatic N) is 4. The number of guanidine groups is 1. The fourth-order valence-corrected chi connectivity index (χ4v) is 6.87. The van der Waals surface area contributed by atoms with Gasteiger partial charge in [-0.05, 0) is 31.6 Å². The Hall–Kier alpha value is -1.90. The Morgan fingerprint density at radius 2 is 1.73 bits per heavy atom. The Bertz CT molecular complexity index is 949. The zero-order valence-corrected chi connectivity index (χ0v) is 23.1. The molecule has 0 radical (unpaired) electrons. The highest BCUT2D eigenvalue weighted by Gasteiger charge is 2.43. The van der Waals surface area contributed by atoms with Crippen molar-refractivity contribution in [3.8, 4) is 6.07 Å². The lowest BCUT2D eigenvalue weighted by atomic mass is 9.84. The van der Waals surface area contributed by atoms with Gasteiger partial charge in [0, 0.05) is 32.2 Å². The number of rotatable bonds is 7. The standard InChI is InChI=1S/C26H44N6O4S/c1-37(34,35)30-25(31-14-16-36-17-15-31)28-23(18-21-8-4-2-5-9-21)24(33)29-26(19-27)12-13-32(20-26)22-10-6-3-7-11-22/h21-23H,2-18,20H2,1H3,(H,28,30)(H,29,33). The molecule has 0 aromatic heterocycles. The topological polar surface area (TPSA) is 127 Å². The van der Waals surface area contributed by atoms with E-state index in [1.165, 1.54) is 25.7 Å². The summed E-state index contributed by atoms with van der Waals surface area (Å²) in [4.78, 5) is 22.8. The zero-order valence-electron chi connectivity index (χ0n) is 22.3. The van der Waals surface area contributed by atoms with Gasteiger partial charge in [0.05, 0.1) is 25.5 Å². The van der Waals surface area contributed by atoms with Crippen LogP contribution >= 0.6 is 0 Å². The van der Waals surface area contributed by atoms with E-state index in [0.29, 0.717) is 57.6 Å². The largest absolute Gasteiger partial charge is 0.378 e. The molecule has 4 rings (SSSR count). The summed E-state index contributed by atoms with van der Waals surface area (Å²) in [5.41, 5.74) is -0.932. The first kappa shape index (κ1) is 28.1. The number of ether oxygens (including phenoxy) is 1. The van der Waals surface area contributed by atoms with Crippen LogP contribution in [0.25, 0.3) is 0 Å². The molecule has 2 atom stereocenters. The molecule has 2 N–H and O–H groups in total. The molecule has 2 heterocycles. The van der Waals surface area contributed by atoms with Crippen molar-refractivity contribution in [1.82, 2.24) is 19.8 Å². The summed E-state index contributed by atoms with van der Waals surface area (Å²) in [7, 11) is -3.59. The number of sulfonamides is 1. The molecular formula is C26H44N6O4S. The number of hydrogen-bond donors (Lipinski definition) is 2. The Labute approximate surface area is 222 Å². The summed E-state index contributed by atoms with van der Waals surface area (Å²) in [6, 6.07) is 2.16. The van der Waals surface area contributed by atoms with Gasteiger partial charge in [-0.2, -0.15) is 5.26 Å². The molecule has 2 saturated heterocycles. The lowest BCUT2D eigenvalue weighted by Gasteiger charge is -2.33. The molecule has 2 aliphatic carbocycles. The average Bonchev–Trinajstić information content (AvgIpc) is 3.33. The fourth-order valence-electron chi connectivity index (χ4n) is 6.36. The van der Waals surface area contributed by atoms with Crippen LogP contribution in [0.15, 0.2) is 4.99 Å². The fraction of sp³-hybridized carbons (Fsp3) is 0.885. The van der Waals surface area contributed by atoms with Crippen LogP contribution in [0.2, 0.25) is 0 Å². The van der Waals surface area contributed by atoms with Crippen molar-refractivity contribution in [3.05, 3.63) is 0 Å². The third-order valence-corrected chi connectivity index (χ3v) is 8.97. The summed E-state index contributed by atoms with van der Waals surface area (Å²) < 4.78 is 32.4. The van der Waals surface area contributed by atoms with Gasteiger partial charge in [0.2, 0.25) is 21.9 Å². The summed E-state index contributed by atoms with van der Waals surface area (Å²) in [6.07, 6.45) is 13.9. The summed E-state index contributed by atoms with van der Waals surface area (Å²) in [5, 5.41) is 13.3. The smallest absolute Gasteiger partial charge is 0.246 e. The van der Waals surface area contributed by atoms with Crippen LogP contribution in [0.3, 0.4) is 0 Å². The molecule has 4 aliphatic rings. The van der Waals surface area contributed by atoms with Gasteiger partial charge in [0.25, 0.3) is 0 Å². The van der Waals surface area contributed by atoms with E-state index in [2.05, 4.69) is 21.0 Å². The molecule has 1 amide bonds. The van der Waals surface area contributed by atoms with Crippen molar-refractivity contribution in [2.75, 3.05) is 45.6 Å². The van der Waals surface area contributed by atoms with Crippen LogP contribution in [0, 0.1) is 17.2 Å². The van der Waals surface area contributed by atoms with Gasteiger partial charge in [0.15, 0.2) is 0 Å². The second-order valence-corrected chi connectivity index (χ2v) is 13.1. The molecule has 4 fully saturated rings. The molecule has 0 spiro atoms. The molecule has 2 unspecified atom stereocenters. The van der Waals surface area contributed by atoms with E-state index in [9.17, 15) is 18.5 Å². The van der Waals surface area contributed by atoms with Crippen molar-refractivity contribution in [1.29, 1.82) is 5.26 Å². The number of hydrogen-bond acceptors (Lipinski definition) is 7. The minimum absolute atomic E-state index is 0.197. The van der Waals surface area contributed by atoms with Gasteiger partial charge in [0.1, 0.15) is 11.6 Å². The van der Waals surface area contributed by atoms with E-state index < -0.39 is 21.6 Å². The summed E-state index contributed by atoms with van der Waals surface area (Å²) in [5.74, 6) is 0.277. The van der Waals surface area contributed by atoms with Gasteiger partial charge in [-0.3, -0.25) is 14.4 Å². The number of carbonyl (C=O) groups excluding carboxylic acids is 1. The number of amides is 1. The van der Waals surface area contributed by atoms with Crippen molar-refractivity contribution in [2.24, 2.45) is 10.9 Å². The normalized spacial score (nSPS) is 28.0. The highest BCUT2D eigenvalue weighted by molar-refractivity contribution is 7.89. The van der Waals surface area contributed by atoms with Crippen molar-refractivity contribution in [2.45, 2.75) is 94.7 Å². The molecular weight excluding hydrogens is 492 g/mol. The maximum absolute atomic E-state index is 13.8. The molecule has 2 saturated carbocycles. The molecule has 2 aliphatic heterocycles. The van der Waals surface area contributed by atoms with Crippen LogP contribution in [0.1, 0.15) is 77.0 Å². The van der Waals surface area contributed by atoms with Crippen LogP contribution < -0.4 is 10.0 Å². The first-order valence-electron chi connectivity index (χ1n) is 14.1. The molecule has 10 nitrogen and oxygen atoms in total. The Kier molecular flexibility index (Phi) is 9.70. The molecule has 208 valence electrons. The van der Waals surface area contributed by atoms with Crippen LogP contribution in [-0.4, -0.2) is 93.4 Å². The quantitative estimate of drug-likeness (QED) is 0.376. The van der Waals surface area contributed by atoms with Gasteiger partial charge < -0.3 is 15.0 Å². The average molecular weight is 537 g/mol. The van der Waals surface area contributed by atoms with E-state index in [4.69, 9.17) is 9.73 Å². The van der Waals surface area contributed by atoms with Crippen molar-refractivity contribution in [3.63, 3.8) is 0 Å². The second kappa shape index (κ2) is 12.8. The van der Waals surface area contributed by atoms with Crippen LogP contribution in [0.5, 0.6) is 0 Å². The van der Waals surface area contributed by atoms with Crippen molar-refractivity contribution < 1.29 is 17.9 Å². The van der Waals surface area contributed by atoms with E-state index in [1.54, 1.807) is 0 Å². The number of carbonyl (C=O) groups is 1. The number of nitriles is 1. The van der Waals surface area contributed by atoms with E-state index in [0.717, 1.165) is 51.3 Å². The number of morpholine rings is 1. The molecule has 0 aromatic carbocycles. The van der Waals surface area contributed by atoms with Crippen LogP contribution in [0.4, 0.5) is 0 Å². The van der Waals surface area contributed by atoms with Gasteiger partial charge in [-0.25, -0.2) is 13.4 Å². The maximum Gasteiger partial charge on any atom is 0.246 e. The zero-order chi connectivity index (χ0) is 26.3. The van der Waals surface area contributed by atoms with Gasteiger partial charge in [-0.1, -0.05) is 51.4 Å². The minimum Gasteiger partial charge on any atom is -0.378 e. The lowest BCUT2D eigenvalue weighted by molar-refractivity contribution is -0.124. The highest BCUT2D eigenvalue weighted by atomic mass is 32.2. The predicted molar refractivity (Wildman–Crippen MR) is 142 cm³/mol. The van der Waals surface area contributed by atoms with Crippen LogP contribution in [-0.2, 0) is 19.6 Å². The Balaban J connectivity index is 1.54. The van der Waals surface area contributed by atoms with Crippen molar-refractivity contribution >= 4 is 21.9 Å². The summed E-state index contributed by atoms with van der Waals surface area (Å²) >= 11 is 0. The lowest BCUT2D eigenvalue weighted by Crippen LogP contribution is -2.54. The number of nitrogens with one attached hydrogen (secondary N) is 2. The van der Waals surface area contributed by atoms with Gasteiger partial charge in [-0.15, -0.1) is 0 Å².